The Morgan fingerprint density at radius 3 is 2.19 bits per heavy atom. The van der Waals surface area contributed by atoms with E-state index in [-0.39, 0.29) is 0 Å². The standard InChI is InChI=1S/C10H15NO5/c1-6(7(12)16-3)11(2)8(13)10(4-5-10)9(14)15/h6H,4-5H2,1-3H3,(H,14,15)/t6-/m1/s1. The van der Waals surface area contributed by atoms with Crippen molar-refractivity contribution in [3.63, 3.8) is 0 Å². The lowest BCUT2D eigenvalue weighted by molar-refractivity contribution is -0.159. The number of hydrogen-bond acceptors (Lipinski definition) is 4. The van der Waals surface area contributed by atoms with Gasteiger partial charge in [0, 0.05) is 7.05 Å². The summed E-state index contributed by atoms with van der Waals surface area (Å²) in [5.41, 5.74) is -1.31. The molecule has 6 heteroatoms. The maximum Gasteiger partial charge on any atom is 0.328 e. The van der Waals surface area contributed by atoms with Crippen molar-refractivity contribution in [3.05, 3.63) is 0 Å². The van der Waals surface area contributed by atoms with Crippen molar-refractivity contribution in [1.29, 1.82) is 0 Å². The van der Waals surface area contributed by atoms with Crippen LogP contribution in [0.3, 0.4) is 0 Å². The highest BCUT2D eigenvalue weighted by Gasteiger charge is 2.58. The molecule has 0 aliphatic heterocycles. The zero-order chi connectivity index (χ0) is 12.5. The Morgan fingerprint density at radius 1 is 1.38 bits per heavy atom. The number of carbonyl (C=O) groups excluding carboxylic acids is 2. The second-order valence-electron chi connectivity index (χ2n) is 4.00. The highest BCUT2D eigenvalue weighted by molar-refractivity contribution is 6.05. The number of amides is 1. The van der Waals surface area contributed by atoms with E-state index >= 15 is 0 Å². The van der Waals surface area contributed by atoms with Crippen molar-refractivity contribution < 1.29 is 24.2 Å². The maximum atomic E-state index is 11.9. The van der Waals surface area contributed by atoms with Crippen molar-refractivity contribution >= 4 is 17.8 Å². The van der Waals surface area contributed by atoms with Gasteiger partial charge < -0.3 is 14.7 Å². The van der Waals surface area contributed by atoms with Gasteiger partial charge in [-0.25, -0.2) is 4.79 Å². The lowest BCUT2D eigenvalue weighted by atomic mass is 10.1. The summed E-state index contributed by atoms with van der Waals surface area (Å²) in [6, 6.07) is -0.769. The van der Waals surface area contributed by atoms with Gasteiger partial charge in [0.2, 0.25) is 5.91 Å². The zero-order valence-corrected chi connectivity index (χ0v) is 9.52. The first-order valence-electron chi connectivity index (χ1n) is 4.95. The number of ether oxygens (including phenoxy) is 1. The SMILES string of the molecule is COC(=O)[C@@H](C)N(C)C(=O)C1(C(=O)O)CC1. The molecule has 1 fully saturated rings. The van der Waals surface area contributed by atoms with Crippen LogP contribution >= 0.6 is 0 Å². The van der Waals surface area contributed by atoms with E-state index in [0.717, 1.165) is 4.90 Å². The molecular formula is C10H15NO5. The Balaban J connectivity index is 2.75. The van der Waals surface area contributed by atoms with E-state index in [2.05, 4.69) is 4.74 Å². The third kappa shape index (κ3) is 1.87. The van der Waals surface area contributed by atoms with E-state index in [1.165, 1.54) is 21.1 Å². The van der Waals surface area contributed by atoms with Gasteiger partial charge in [-0.3, -0.25) is 9.59 Å². The van der Waals surface area contributed by atoms with E-state index in [1.54, 1.807) is 0 Å². The largest absolute Gasteiger partial charge is 0.480 e. The molecule has 0 aromatic heterocycles. The molecule has 90 valence electrons. The van der Waals surface area contributed by atoms with Crippen LogP contribution in [-0.4, -0.2) is 48.1 Å². The molecule has 0 radical (unpaired) electrons. The number of nitrogens with zero attached hydrogens (tertiary/aromatic N) is 1. The third-order valence-electron chi connectivity index (χ3n) is 3.01. The molecule has 0 heterocycles. The van der Waals surface area contributed by atoms with Crippen LogP contribution in [0.25, 0.3) is 0 Å². The maximum absolute atomic E-state index is 11.9. The summed E-state index contributed by atoms with van der Waals surface area (Å²) in [6.07, 6.45) is 0.665. The summed E-state index contributed by atoms with van der Waals surface area (Å²) in [4.78, 5) is 35.1. The van der Waals surface area contributed by atoms with E-state index in [4.69, 9.17) is 5.11 Å². The molecule has 0 saturated heterocycles. The molecule has 1 N–H and O–H groups in total. The van der Waals surface area contributed by atoms with Crippen LogP contribution in [0, 0.1) is 5.41 Å². The fraction of sp³-hybridized carbons (Fsp3) is 0.700. The fourth-order valence-corrected chi connectivity index (χ4v) is 1.49. The van der Waals surface area contributed by atoms with Crippen molar-refractivity contribution in [2.45, 2.75) is 25.8 Å². The first-order chi connectivity index (χ1) is 7.36. The molecule has 1 aliphatic carbocycles. The number of likely N-dealkylation sites (N-methyl/N-ethyl adjacent to an activating group) is 1. The van der Waals surface area contributed by atoms with Crippen LogP contribution in [0.1, 0.15) is 19.8 Å². The summed E-state index contributed by atoms with van der Waals surface area (Å²) in [7, 11) is 2.63. The predicted octanol–water partition coefficient (Wildman–Crippen LogP) is -0.129. The lowest BCUT2D eigenvalue weighted by Crippen LogP contribution is -2.46. The number of methoxy groups -OCH3 is 1. The Kier molecular flexibility index (Phi) is 3.21. The van der Waals surface area contributed by atoms with Crippen LogP contribution in [0.2, 0.25) is 0 Å². The Bertz CT molecular complexity index is 334. The van der Waals surface area contributed by atoms with Gasteiger partial charge in [0.15, 0.2) is 0 Å². The van der Waals surface area contributed by atoms with Crippen molar-refractivity contribution in [2.24, 2.45) is 5.41 Å². The van der Waals surface area contributed by atoms with E-state index in [9.17, 15) is 14.4 Å². The molecule has 0 unspecified atom stereocenters. The van der Waals surface area contributed by atoms with Crippen LogP contribution in [0.15, 0.2) is 0 Å². The topological polar surface area (TPSA) is 83.9 Å². The molecule has 1 atom stereocenters. The summed E-state index contributed by atoms with van der Waals surface area (Å²) in [6.45, 7) is 1.50. The van der Waals surface area contributed by atoms with Crippen LogP contribution in [0.5, 0.6) is 0 Å². The molecule has 1 rings (SSSR count). The Hall–Kier alpha value is -1.59. The van der Waals surface area contributed by atoms with Gasteiger partial charge in [-0.1, -0.05) is 0 Å². The smallest absolute Gasteiger partial charge is 0.328 e. The van der Waals surface area contributed by atoms with Gasteiger partial charge in [-0.05, 0) is 19.8 Å². The first-order valence-corrected chi connectivity index (χ1v) is 4.95. The molecule has 16 heavy (non-hydrogen) atoms. The van der Waals surface area contributed by atoms with Crippen LogP contribution in [-0.2, 0) is 19.1 Å². The molecule has 6 nitrogen and oxygen atoms in total. The van der Waals surface area contributed by atoms with Crippen LogP contribution in [0.4, 0.5) is 0 Å². The minimum Gasteiger partial charge on any atom is -0.480 e. The molecule has 0 aromatic carbocycles. The average molecular weight is 229 g/mol. The van der Waals surface area contributed by atoms with E-state index < -0.39 is 29.3 Å². The summed E-state index contributed by atoms with van der Waals surface area (Å²) >= 11 is 0. The number of carbonyl (C=O) groups is 3. The van der Waals surface area contributed by atoms with Gasteiger partial charge in [0.05, 0.1) is 7.11 Å². The normalized spacial score (nSPS) is 18.4. The summed E-state index contributed by atoms with van der Waals surface area (Å²) < 4.78 is 4.50. The van der Waals surface area contributed by atoms with E-state index in [1.807, 2.05) is 0 Å². The first kappa shape index (κ1) is 12.5. The minimum atomic E-state index is -1.31. The summed E-state index contributed by atoms with van der Waals surface area (Å²) in [5.74, 6) is -2.21. The van der Waals surface area contributed by atoms with E-state index in [0.29, 0.717) is 12.8 Å². The van der Waals surface area contributed by atoms with Crippen molar-refractivity contribution in [1.82, 2.24) is 4.90 Å². The number of esters is 1. The monoisotopic (exact) mass is 229 g/mol. The van der Waals surface area contributed by atoms with Crippen molar-refractivity contribution in [2.75, 3.05) is 14.2 Å². The van der Waals surface area contributed by atoms with Gasteiger partial charge in [-0.2, -0.15) is 0 Å². The molecule has 1 amide bonds. The number of carboxylic acids is 1. The number of carboxylic acid groups (broad SMARTS) is 1. The third-order valence-corrected chi connectivity index (χ3v) is 3.01. The number of hydrogen-bond donors (Lipinski definition) is 1. The molecule has 0 aromatic rings. The molecular weight excluding hydrogens is 214 g/mol. The second-order valence-corrected chi connectivity index (χ2v) is 4.00. The Morgan fingerprint density at radius 2 is 1.88 bits per heavy atom. The minimum absolute atomic E-state index is 0.333. The van der Waals surface area contributed by atoms with Crippen LogP contribution < -0.4 is 0 Å². The van der Waals surface area contributed by atoms with Crippen molar-refractivity contribution in [3.8, 4) is 0 Å². The average Bonchev–Trinajstić information content (AvgIpc) is 3.06. The highest BCUT2D eigenvalue weighted by Crippen LogP contribution is 2.47. The molecule has 0 bridgehead atoms. The molecule has 1 saturated carbocycles. The predicted molar refractivity (Wildman–Crippen MR) is 53.6 cm³/mol. The molecule has 0 spiro atoms. The molecule has 1 aliphatic rings. The fourth-order valence-electron chi connectivity index (χ4n) is 1.49. The van der Waals surface area contributed by atoms with Gasteiger partial charge in [0.1, 0.15) is 11.5 Å². The number of rotatable bonds is 4. The summed E-state index contributed by atoms with van der Waals surface area (Å²) in [5, 5.41) is 8.94. The number of aliphatic carboxylic acids is 1. The lowest BCUT2D eigenvalue weighted by Gasteiger charge is -2.25. The quantitative estimate of drug-likeness (QED) is 0.536. The van der Waals surface area contributed by atoms with Gasteiger partial charge in [-0.15, -0.1) is 0 Å². The van der Waals surface area contributed by atoms with Gasteiger partial charge >= 0.3 is 11.9 Å². The second kappa shape index (κ2) is 4.11. The Labute approximate surface area is 93.2 Å². The highest BCUT2D eigenvalue weighted by atomic mass is 16.5. The van der Waals surface area contributed by atoms with Gasteiger partial charge in [0.25, 0.3) is 0 Å². The zero-order valence-electron chi connectivity index (χ0n) is 9.52.